The highest BCUT2D eigenvalue weighted by Gasteiger charge is 2.17. The Hall–Kier alpha value is 0.350. The van der Waals surface area contributed by atoms with Gasteiger partial charge in [0, 0.05) is 5.25 Å². The van der Waals surface area contributed by atoms with Gasteiger partial charge in [-0.25, -0.2) is 0 Å². The van der Waals surface area contributed by atoms with Crippen LogP contribution in [0.3, 0.4) is 0 Å². The maximum atomic E-state index is 2.56. The Morgan fingerprint density at radius 1 is 0.448 bits per heavy atom. The summed E-state index contributed by atoms with van der Waals surface area (Å²) in [6.45, 7) is 9.51. The fourth-order valence-corrected chi connectivity index (χ4v) is 5.86. The minimum absolute atomic E-state index is 0.923. The minimum Gasteiger partial charge on any atom is -0.158 e. The van der Waals surface area contributed by atoms with Crippen LogP contribution in [0.25, 0.3) is 0 Å². The van der Waals surface area contributed by atoms with Crippen LogP contribution in [0, 0.1) is 5.92 Å². The lowest BCUT2D eigenvalue weighted by Crippen LogP contribution is -2.15. The van der Waals surface area contributed by atoms with Crippen molar-refractivity contribution in [3.63, 3.8) is 0 Å². The smallest absolute Gasteiger partial charge is 0.00726 e. The number of hydrogen-bond acceptors (Lipinski definition) is 1. The molecule has 0 rings (SSSR count). The Morgan fingerprint density at radius 3 is 1.31 bits per heavy atom. The van der Waals surface area contributed by atoms with Gasteiger partial charge in [-0.1, -0.05) is 143 Å². The van der Waals surface area contributed by atoms with Crippen molar-refractivity contribution in [1.82, 2.24) is 0 Å². The van der Waals surface area contributed by atoms with Crippen molar-refractivity contribution in [3.05, 3.63) is 0 Å². The summed E-state index contributed by atoms with van der Waals surface area (Å²) in [6.07, 6.45) is 30.4. The zero-order valence-corrected chi connectivity index (χ0v) is 21.9. The summed E-state index contributed by atoms with van der Waals surface area (Å²) in [6, 6.07) is 0. The van der Waals surface area contributed by atoms with Crippen molar-refractivity contribution in [1.29, 1.82) is 0 Å². The number of unbranched alkanes of at least 4 members (excludes halogenated alkanes) is 16. The highest BCUT2D eigenvalue weighted by molar-refractivity contribution is 7.99. The molecule has 0 saturated heterocycles. The third kappa shape index (κ3) is 21.4. The summed E-state index contributed by atoms with van der Waals surface area (Å²) in [4.78, 5) is 0. The molecule has 0 aromatic rings. The molecule has 0 N–H and O–H groups in total. The molecule has 0 aromatic heterocycles. The van der Waals surface area contributed by atoms with Gasteiger partial charge in [0.1, 0.15) is 0 Å². The molecule has 176 valence electrons. The topological polar surface area (TPSA) is 0 Å². The van der Waals surface area contributed by atoms with E-state index in [0.717, 1.165) is 11.2 Å². The van der Waals surface area contributed by atoms with Crippen LogP contribution in [0.4, 0.5) is 0 Å². The summed E-state index contributed by atoms with van der Waals surface area (Å²) in [5.41, 5.74) is 0. The molecular formula is C28H58S. The van der Waals surface area contributed by atoms with E-state index in [2.05, 4.69) is 39.5 Å². The van der Waals surface area contributed by atoms with Crippen molar-refractivity contribution in [2.75, 3.05) is 5.75 Å². The van der Waals surface area contributed by atoms with Gasteiger partial charge in [-0.2, -0.15) is 11.8 Å². The van der Waals surface area contributed by atoms with E-state index in [1.165, 1.54) is 141 Å². The third-order valence-corrected chi connectivity index (χ3v) is 8.22. The second kappa shape index (κ2) is 24.6. The van der Waals surface area contributed by atoms with Crippen LogP contribution < -0.4 is 0 Å². The molecule has 0 radical (unpaired) electrons. The minimum atomic E-state index is 0.923. The fraction of sp³-hybridized carbons (Fsp3) is 1.00. The lowest BCUT2D eigenvalue weighted by molar-refractivity contribution is 0.441. The standard InChI is InChI=1S/C28H58S/c1-5-8-11-14-16-17-19-21-24-27(4)28(25-22-18-13-10-7-3)29-26-23-20-15-12-9-6-2/h27-28H,5-26H2,1-4H3. The Labute approximate surface area is 191 Å². The monoisotopic (exact) mass is 426 g/mol. The predicted octanol–water partition coefficient (Wildman–Crippen LogP) is 11.0. The van der Waals surface area contributed by atoms with Gasteiger partial charge in [0.15, 0.2) is 0 Å². The molecule has 0 aliphatic carbocycles. The maximum absolute atomic E-state index is 2.56. The van der Waals surface area contributed by atoms with Gasteiger partial charge < -0.3 is 0 Å². The van der Waals surface area contributed by atoms with E-state index in [1.807, 2.05) is 0 Å². The molecule has 0 heterocycles. The lowest BCUT2D eigenvalue weighted by atomic mass is 9.95. The first kappa shape index (κ1) is 29.4. The van der Waals surface area contributed by atoms with E-state index < -0.39 is 0 Å². The van der Waals surface area contributed by atoms with Gasteiger partial charge in [-0.15, -0.1) is 0 Å². The van der Waals surface area contributed by atoms with Crippen LogP contribution in [0.1, 0.15) is 163 Å². The fourth-order valence-electron chi connectivity index (χ4n) is 4.38. The predicted molar refractivity (Wildman–Crippen MR) is 139 cm³/mol. The van der Waals surface area contributed by atoms with E-state index in [1.54, 1.807) is 0 Å². The van der Waals surface area contributed by atoms with Gasteiger partial charge in [-0.05, 0) is 30.9 Å². The third-order valence-electron chi connectivity index (χ3n) is 6.57. The van der Waals surface area contributed by atoms with Crippen LogP contribution in [0.15, 0.2) is 0 Å². The summed E-state index contributed by atoms with van der Waals surface area (Å²) in [5.74, 6) is 2.33. The normalized spacial score (nSPS) is 13.7. The Balaban J connectivity index is 3.96. The second-order valence-corrected chi connectivity index (χ2v) is 11.0. The summed E-state index contributed by atoms with van der Waals surface area (Å²) < 4.78 is 0. The summed E-state index contributed by atoms with van der Waals surface area (Å²) >= 11 is 2.33. The van der Waals surface area contributed by atoms with E-state index >= 15 is 0 Å². The number of hydrogen-bond donors (Lipinski definition) is 0. The van der Waals surface area contributed by atoms with Crippen molar-refractivity contribution in [2.24, 2.45) is 5.92 Å². The maximum Gasteiger partial charge on any atom is 0.00726 e. The molecule has 2 atom stereocenters. The zero-order chi connectivity index (χ0) is 21.4. The molecule has 0 fully saturated rings. The second-order valence-electron chi connectivity index (χ2n) is 9.62. The molecule has 0 aliphatic rings. The molecule has 0 spiro atoms. The summed E-state index contributed by atoms with van der Waals surface area (Å²) in [7, 11) is 0. The number of rotatable bonds is 24. The SMILES string of the molecule is CCCCCCCCCCC(C)C(CCCCCCC)SCCCCCCCC. The summed E-state index contributed by atoms with van der Waals surface area (Å²) in [5, 5.41) is 0.928. The molecule has 0 amide bonds. The van der Waals surface area contributed by atoms with E-state index in [4.69, 9.17) is 0 Å². The largest absolute Gasteiger partial charge is 0.158 e. The van der Waals surface area contributed by atoms with Gasteiger partial charge >= 0.3 is 0 Å². The highest BCUT2D eigenvalue weighted by Crippen LogP contribution is 2.30. The molecule has 0 aliphatic heterocycles. The molecule has 2 unspecified atom stereocenters. The van der Waals surface area contributed by atoms with E-state index in [-0.39, 0.29) is 0 Å². The molecular weight excluding hydrogens is 368 g/mol. The van der Waals surface area contributed by atoms with Gasteiger partial charge in [0.2, 0.25) is 0 Å². The lowest BCUT2D eigenvalue weighted by Gasteiger charge is -2.24. The molecule has 0 saturated carbocycles. The zero-order valence-electron chi connectivity index (χ0n) is 21.1. The van der Waals surface area contributed by atoms with Crippen molar-refractivity contribution in [3.8, 4) is 0 Å². The van der Waals surface area contributed by atoms with Gasteiger partial charge in [0.05, 0.1) is 0 Å². The Kier molecular flexibility index (Phi) is 24.9. The molecule has 1 heteroatoms. The average Bonchev–Trinajstić information content (AvgIpc) is 2.73. The van der Waals surface area contributed by atoms with Crippen molar-refractivity contribution >= 4 is 11.8 Å². The first-order valence-electron chi connectivity index (χ1n) is 13.9. The van der Waals surface area contributed by atoms with Crippen LogP contribution >= 0.6 is 11.8 Å². The molecule has 0 bridgehead atoms. The van der Waals surface area contributed by atoms with Gasteiger partial charge in [0.25, 0.3) is 0 Å². The van der Waals surface area contributed by atoms with Crippen LogP contribution in [-0.2, 0) is 0 Å². The number of thioether (sulfide) groups is 1. The van der Waals surface area contributed by atoms with Crippen molar-refractivity contribution < 1.29 is 0 Å². The van der Waals surface area contributed by atoms with E-state index in [9.17, 15) is 0 Å². The molecule has 0 aromatic carbocycles. The molecule has 29 heavy (non-hydrogen) atoms. The Morgan fingerprint density at radius 2 is 0.828 bits per heavy atom. The molecule has 0 nitrogen and oxygen atoms in total. The van der Waals surface area contributed by atoms with Crippen LogP contribution in [0.5, 0.6) is 0 Å². The van der Waals surface area contributed by atoms with Crippen LogP contribution in [-0.4, -0.2) is 11.0 Å². The average molecular weight is 427 g/mol. The first-order valence-corrected chi connectivity index (χ1v) is 14.9. The quantitative estimate of drug-likeness (QED) is 0.138. The van der Waals surface area contributed by atoms with Crippen molar-refractivity contribution in [2.45, 2.75) is 168 Å². The van der Waals surface area contributed by atoms with E-state index in [0.29, 0.717) is 0 Å². The van der Waals surface area contributed by atoms with Gasteiger partial charge in [-0.3, -0.25) is 0 Å². The highest BCUT2D eigenvalue weighted by atomic mass is 32.2. The first-order chi connectivity index (χ1) is 14.3. The Bertz CT molecular complexity index is 288. The van der Waals surface area contributed by atoms with Crippen LogP contribution in [0.2, 0.25) is 0 Å².